The van der Waals surface area contributed by atoms with Crippen molar-refractivity contribution in [3.05, 3.63) is 28.9 Å². The van der Waals surface area contributed by atoms with Crippen LogP contribution in [0.15, 0.2) is 31.8 Å². The Hall–Kier alpha value is -1.07. The van der Waals surface area contributed by atoms with Crippen LogP contribution in [0.5, 0.6) is 0 Å². The first-order chi connectivity index (χ1) is 6.79. The zero-order chi connectivity index (χ0) is 9.97. The van der Waals surface area contributed by atoms with Crippen molar-refractivity contribution >= 4 is 15.9 Å². The van der Waals surface area contributed by atoms with Gasteiger partial charge in [0.25, 0.3) is 0 Å². The van der Waals surface area contributed by atoms with Gasteiger partial charge in [-0.2, -0.15) is 0 Å². The van der Waals surface area contributed by atoms with Crippen molar-refractivity contribution in [3.8, 4) is 11.5 Å². The summed E-state index contributed by atoms with van der Waals surface area (Å²) in [6.07, 6.45) is 2.28. The molecule has 2 heterocycles. The second-order valence-corrected chi connectivity index (χ2v) is 3.54. The van der Waals surface area contributed by atoms with Gasteiger partial charge in [0.1, 0.15) is 0 Å². The number of hydrogen-bond acceptors (Lipinski definition) is 4. The third kappa shape index (κ3) is 1.88. The van der Waals surface area contributed by atoms with E-state index in [2.05, 4.69) is 20.9 Å². The van der Waals surface area contributed by atoms with Gasteiger partial charge in [-0.15, -0.1) is 0 Å². The molecule has 0 saturated heterocycles. The summed E-state index contributed by atoms with van der Waals surface area (Å²) in [5.41, 5.74) is 5.38. The molecule has 74 valence electrons. The Morgan fingerprint density at radius 1 is 1.29 bits per heavy atom. The highest BCUT2D eigenvalue weighted by Crippen LogP contribution is 2.25. The third-order valence-corrected chi connectivity index (χ3v) is 2.15. The van der Waals surface area contributed by atoms with E-state index in [0.29, 0.717) is 35.0 Å². The molecule has 0 aliphatic carbocycles. The molecular weight excluding hydrogens is 248 g/mol. The second kappa shape index (κ2) is 3.98. The third-order valence-electron chi connectivity index (χ3n) is 1.73. The predicted molar refractivity (Wildman–Crippen MR) is 54.7 cm³/mol. The summed E-state index contributed by atoms with van der Waals surface area (Å²) in [5, 5.41) is 0. The van der Waals surface area contributed by atoms with Crippen LogP contribution in [0.3, 0.4) is 0 Å². The average molecular weight is 257 g/mol. The van der Waals surface area contributed by atoms with Crippen LogP contribution in [-0.4, -0.2) is 11.5 Å². The quantitative estimate of drug-likeness (QED) is 0.915. The van der Waals surface area contributed by atoms with E-state index in [-0.39, 0.29) is 0 Å². The second-order valence-electron chi connectivity index (χ2n) is 2.76. The molecule has 2 aromatic rings. The Morgan fingerprint density at radius 2 is 2.14 bits per heavy atom. The van der Waals surface area contributed by atoms with Crippen LogP contribution in [-0.2, 0) is 6.42 Å². The molecular formula is C9H9BrN2O2. The number of rotatable bonds is 3. The van der Waals surface area contributed by atoms with Crippen LogP contribution in [0, 0.1) is 0 Å². The number of oxazole rings is 1. The van der Waals surface area contributed by atoms with Crippen LogP contribution in [0.1, 0.15) is 5.89 Å². The molecule has 2 N–H and O–H groups in total. The summed E-state index contributed by atoms with van der Waals surface area (Å²) in [7, 11) is 0. The molecule has 0 bridgehead atoms. The molecule has 2 rings (SSSR count). The first-order valence-electron chi connectivity index (χ1n) is 4.20. The number of aromatic nitrogens is 1. The minimum Gasteiger partial charge on any atom is -0.446 e. The summed E-state index contributed by atoms with van der Waals surface area (Å²) in [4.78, 5) is 4.07. The van der Waals surface area contributed by atoms with Gasteiger partial charge in [-0.05, 0) is 28.1 Å². The molecule has 0 aliphatic heterocycles. The van der Waals surface area contributed by atoms with Crippen LogP contribution in [0.4, 0.5) is 0 Å². The van der Waals surface area contributed by atoms with Crippen molar-refractivity contribution in [1.82, 2.24) is 4.98 Å². The number of halogens is 1. The number of nitrogens with zero attached hydrogens (tertiary/aromatic N) is 1. The van der Waals surface area contributed by atoms with E-state index >= 15 is 0 Å². The van der Waals surface area contributed by atoms with E-state index < -0.39 is 0 Å². The maximum absolute atomic E-state index is 5.42. The zero-order valence-corrected chi connectivity index (χ0v) is 8.95. The van der Waals surface area contributed by atoms with Crippen LogP contribution in [0.2, 0.25) is 0 Å². The fourth-order valence-corrected chi connectivity index (χ4v) is 1.42. The summed E-state index contributed by atoms with van der Waals surface area (Å²) in [6.45, 7) is 0.530. The van der Waals surface area contributed by atoms with Crippen molar-refractivity contribution in [2.45, 2.75) is 6.42 Å². The molecule has 0 unspecified atom stereocenters. The highest BCUT2D eigenvalue weighted by atomic mass is 79.9. The van der Waals surface area contributed by atoms with Crippen LogP contribution >= 0.6 is 15.9 Å². The van der Waals surface area contributed by atoms with Gasteiger partial charge in [-0.3, -0.25) is 0 Å². The van der Waals surface area contributed by atoms with Gasteiger partial charge >= 0.3 is 0 Å². The van der Waals surface area contributed by atoms with E-state index in [9.17, 15) is 0 Å². The topological polar surface area (TPSA) is 65.2 Å². The first kappa shape index (κ1) is 9.48. The molecule has 0 radical (unpaired) electrons. The molecule has 5 heteroatoms. The fraction of sp³-hybridized carbons (Fsp3) is 0.222. The fourth-order valence-electron chi connectivity index (χ4n) is 1.11. The van der Waals surface area contributed by atoms with Crippen molar-refractivity contribution in [2.75, 3.05) is 6.54 Å². The normalized spacial score (nSPS) is 10.7. The number of hydrogen-bond donors (Lipinski definition) is 1. The first-order valence-corrected chi connectivity index (χ1v) is 4.99. The van der Waals surface area contributed by atoms with Gasteiger partial charge < -0.3 is 14.6 Å². The van der Waals surface area contributed by atoms with Crippen LogP contribution < -0.4 is 5.73 Å². The Morgan fingerprint density at radius 3 is 2.79 bits per heavy atom. The van der Waals surface area contributed by atoms with Gasteiger partial charge in [0.2, 0.25) is 0 Å². The van der Waals surface area contributed by atoms with Crippen molar-refractivity contribution in [3.63, 3.8) is 0 Å². The lowest BCUT2D eigenvalue weighted by atomic mass is 10.4. The van der Waals surface area contributed by atoms with Crippen molar-refractivity contribution in [2.24, 2.45) is 5.73 Å². The summed E-state index contributed by atoms with van der Waals surface area (Å²) < 4.78 is 11.4. The molecule has 14 heavy (non-hydrogen) atoms. The maximum atomic E-state index is 5.42. The summed E-state index contributed by atoms with van der Waals surface area (Å²) >= 11 is 3.22. The van der Waals surface area contributed by atoms with E-state index in [0.717, 1.165) is 0 Å². The SMILES string of the molecule is NCCc1ncc(-c2ccc(Br)o2)o1. The van der Waals surface area contributed by atoms with E-state index in [1.165, 1.54) is 0 Å². The molecule has 0 amide bonds. The number of nitrogens with two attached hydrogens (primary N) is 1. The highest BCUT2D eigenvalue weighted by Gasteiger charge is 2.09. The Kier molecular flexibility index (Phi) is 2.69. The zero-order valence-electron chi connectivity index (χ0n) is 7.37. The van der Waals surface area contributed by atoms with E-state index in [1.54, 1.807) is 12.3 Å². The lowest BCUT2D eigenvalue weighted by Gasteiger charge is -1.89. The maximum Gasteiger partial charge on any atom is 0.196 e. The van der Waals surface area contributed by atoms with E-state index in [4.69, 9.17) is 14.6 Å². The monoisotopic (exact) mass is 256 g/mol. The van der Waals surface area contributed by atoms with Gasteiger partial charge in [-0.1, -0.05) is 0 Å². The van der Waals surface area contributed by atoms with Gasteiger partial charge in [0, 0.05) is 13.0 Å². The number of furan rings is 1. The van der Waals surface area contributed by atoms with Gasteiger partial charge in [0.15, 0.2) is 22.1 Å². The minimum absolute atomic E-state index is 0.530. The standard InChI is InChI=1S/C9H9BrN2O2/c10-8-2-1-6(13-8)7-5-12-9(14-7)3-4-11/h1-2,5H,3-4,11H2. The Balaban J connectivity index is 2.24. The van der Waals surface area contributed by atoms with Gasteiger partial charge in [0.05, 0.1) is 6.20 Å². The molecule has 2 aromatic heterocycles. The average Bonchev–Trinajstić information content (AvgIpc) is 2.74. The lowest BCUT2D eigenvalue weighted by Crippen LogP contribution is -2.02. The lowest BCUT2D eigenvalue weighted by molar-refractivity contribution is 0.477. The molecule has 0 atom stereocenters. The summed E-state index contributed by atoms with van der Waals surface area (Å²) in [6, 6.07) is 3.62. The molecule has 0 spiro atoms. The molecule has 0 saturated carbocycles. The highest BCUT2D eigenvalue weighted by molar-refractivity contribution is 9.10. The summed E-state index contributed by atoms with van der Waals surface area (Å²) in [5.74, 6) is 1.92. The largest absolute Gasteiger partial charge is 0.446 e. The van der Waals surface area contributed by atoms with Crippen molar-refractivity contribution < 1.29 is 8.83 Å². The smallest absolute Gasteiger partial charge is 0.196 e. The minimum atomic E-state index is 0.530. The van der Waals surface area contributed by atoms with Gasteiger partial charge in [-0.25, -0.2) is 4.98 Å². The van der Waals surface area contributed by atoms with E-state index in [1.807, 2.05) is 6.07 Å². The molecule has 0 aromatic carbocycles. The Labute approximate surface area is 89.2 Å². The van der Waals surface area contributed by atoms with Crippen molar-refractivity contribution in [1.29, 1.82) is 0 Å². The Bertz CT molecular complexity index is 422. The molecule has 4 nitrogen and oxygen atoms in total. The van der Waals surface area contributed by atoms with Crippen LogP contribution in [0.25, 0.3) is 11.5 Å². The molecule has 0 fully saturated rings. The molecule has 0 aliphatic rings. The predicted octanol–water partition coefficient (Wildman–Crippen LogP) is 2.20.